The van der Waals surface area contributed by atoms with E-state index in [2.05, 4.69) is 5.32 Å². The lowest BCUT2D eigenvalue weighted by molar-refractivity contribution is -0.115. The smallest absolute Gasteiger partial charge is 0.243 e. The van der Waals surface area contributed by atoms with Crippen molar-refractivity contribution in [2.45, 2.75) is 6.42 Å². The highest BCUT2D eigenvalue weighted by Crippen LogP contribution is 2.29. The Balaban J connectivity index is 1.69. The Bertz CT molecular complexity index is 687. The Labute approximate surface area is 122 Å². The number of nitrogens with two attached hydrogens (primary N) is 1. The molecule has 2 aromatic carbocycles. The number of benzene rings is 2. The summed E-state index contributed by atoms with van der Waals surface area (Å²) in [5.41, 5.74) is 8.86. The normalized spacial score (nSPS) is 13.1. The highest BCUT2D eigenvalue weighted by atomic mass is 19.1. The molecule has 1 aliphatic heterocycles. The summed E-state index contributed by atoms with van der Waals surface area (Å²) in [5.74, 6) is -0.662. The van der Waals surface area contributed by atoms with Gasteiger partial charge < -0.3 is 16.0 Å². The van der Waals surface area contributed by atoms with Crippen LogP contribution in [0, 0.1) is 5.82 Å². The Kier molecular flexibility index (Phi) is 3.48. The minimum Gasteiger partial charge on any atom is -0.399 e. The van der Waals surface area contributed by atoms with E-state index in [0.29, 0.717) is 0 Å². The van der Waals surface area contributed by atoms with E-state index >= 15 is 0 Å². The molecule has 0 bridgehead atoms. The fourth-order valence-corrected chi connectivity index (χ4v) is 2.58. The lowest BCUT2D eigenvalue weighted by Crippen LogP contribution is -2.32. The summed E-state index contributed by atoms with van der Waals surface area (Å²) in [4.78, 5) is 14.0. The second-order valence-electron chi connectivity index (χ2n) is 5.09. The molecule has 0 unspecified atom stereocenters. The standard InChI is InChI=1S/C16H16FN3O/c17-13-3-1-2-4-14(13)19-16(21)10-20-8-7-11-9-12(18)5-6-15(11)20/h1-6,9H,7-8,10,18H2,(H,19,21). The first-order chi connectivity index (χ1) is 10.1. The van der Waals surface area contributed by atoms with E-state index in [0.717, 1.165) is 29.9 Å². The average molecular weight is 285 g/mol. The van der Waals surface area contributed by atoms with Gasteiger partial charge in [0.15, 0.2) is 0 Å². The summed E-state index contributed by atoms with van der Waals surface area (Å²) in [6.07, 6.45) is 0.868. The van der Waals surface area contributed by atoms with Crippen LogP contribution in [0.5, 0.6) is 0 Å². The number of fused-ring (bicyclic) bond motifs is 1. The quantitative estimate of drug-likeness (QED) is 0.851. The van der Waals surface area contributed by atoms with Crippen molar-refractivity contribution in [1.29, 1.82) is 0 Å². The van der Waals surface area contributed by atoms with Gasteiger partial charge >= 0.3 is 0 Å². The summed E-state index contributed by atoms with van der Waals surface area (Å²) in [6, 6.07) is 11.8. The van der Waals surface area contributed by atoms with Crippen molar-refractivity contribution in [3.8, 4) is 0 Å². The summed E-state index contributed by atoms with van der Waals surface area (Å²) in [7, 11) is 0. The van der Waals surface area contributed by atoms with Crippen molar-refractivity contribution >= 4 is 23.0 Å². The van der Waals surface area contributed by atoms with Crippen molar-refractivity contribution < 1.29 is 9.18 Å². The average Bonchev–Trinajstić information content (AvgIpc) is 2.83. The van der Waals surface area contributed by atoms with E-state index in [4.69, 9.17) is 5.73 Å². The number of anilines is 3. The molecular weight excluding hydrogens is 269 g/mol. The molecule has 0 aromatic heterocycles. The second-order valence-corrected chi connectivity index (χ2v) is 5.09. The first-order valence-corrected chi connectivity index (χ1v) is 6.81. The van der Waals surface area contributed by atoms with Gasteiger partial charge in [0.05, 0.1) is 12.2 Å². The highest BCUT2D eigenvalue weighted by Gasteiger charge is 2.21. The number of nitrogens with one attached hydrogen (secondary N) is 1. The molecule has 1 heterocycles. The fraction of sp³-hybridized carbons (Fsp3) is 0.188. The van der Waals surface area contributed by atoms with Crippen LogP contribution >= 0.6 is 0 Å². The fourth-order valence-electron chi connectivity index (χ4n) is 2.58. The lowest BCUT2D eigenvalue weighted by atomic mass is 10.1. The molecular formula is C16H16FN3O. The Hall–Kier alpha value is -2.56. The number of nitrogen functional groups attached to an aromatic ring is 1. The van der Waals surface area contributed by atoms with Gasteiger partial charge in [-0.15, -0.1) is 0 Å². The number of hydrogen-bond donors (Lipinski definition) is 2. The maximum atomic E-state index is 13.5. The minimum atomic E-state index is -0.430. The van der Waals surface area contributed by atoms with Crippen LogP contribution in [0.15, 0.2) is 42.5 Å². The molecule has 5 heteroatoms. The van der Waals surface area contributed by atoms with Crippen LogP contribution in [0.25, 0.3) is 0 Å². The molecule has 0 atom stereocenters. The Morgan fingerprint density at radius 3 is 2.90 bits per heavy atom. The van der Waals surface area contributed by atoms with E-state index in [-0.39, 0.29) is 18.1 Å². The summed E-state index contributed by atoms with van der Waals surface area (Å²) < 4.78 is 13.5. The van der Waals surface area contributed by atoms with E-state index in [1.54, 1.807) is 18.2 Å². The van der Waals surface area contributed by atoms with Crippen LogP contribution in [0.2, 0.25) is 0 Å². The van der Waals surface area contributed by atoms with Crippen molar-refractivity contribution in [2.75, 3.05) is 29.0 Å². The third-order valence-electron chi connectivity index (χ3n) is 3.58. The van der Waals surface area contributed by atoms with Crippen LogP contribution in [0.1, 0.15) is 5.56 Å². The number of hydrogen-bond acceptors (Lipinski definition) is 3. The van der Waals surface area contributed by atoms with Gasteiger partial charge in [0, 0.05) is 17.9 Å². The first-order valence-electron chi connectivity index (χ1n) is 6.81. The van der Waals surface area contributed by atoms with E-state index < -0.39 is 5.82 Å². The number of carbonyl (C=O) groups excluding carboxylic acids is 1. The van der Waals surface area contributed by atoms with E-state index in [9.17, 15) is 9.18 Å². The third-order valence-corrected chi connectivity index (χ3v) is 3.58. The molecule has 3 rings (SSSR count). The number of halogens is 1. The second kappa shape index (κ2) is 5.44. The van der Waals surface area contributed by atoms with Gasteiger partial charge in [-0.3, -0.25) is 4.79 Å². The molecule has 0 radical (unpaired) electrons. The molecule has 0 fully saturated rings. The van der Waals surface area contributed by atoms with Gasteiger partial charge in [-0.05, 0) is 42.3 Å². The third kappa shape index (κ3) is 2.81. The van der Waals surface area contributed by atoms with Gasteiger partial charge in [-0.2, -0.15) is 0 Å². The summed E-state index contributed by atoms with van der Waals surface area (Å²) in [5, 5.41) is 2.60. The van der Waals surface area contributed by atoms with Gasteiger partial charge in [-0.25, -0.2) is 4.39 Å². The zero-order valence-corrected chi connectivity index (χ0v) is 11.5. The van der Waals surface area contributed by atoms with Crippen LogP contribution in [0.4, 0.5) is 21.5 Å². The molecule has 1 amide bonds. The molecule has 4 nitrogen and oxygen atoms in total. The molecule has 0 saturated carbocycles. The predicted molar refractivity (Wildman–Crippen MR) is 81.8 cm³/mol. The lowest BCUT2D eigenvalue weighted by Gasteiger charge is -2.19. The van der Waals surface area contributed by atoms with Gasteiger partial charge in [0.2, 0.25) is 5.91 Å². The zero-order valence-electron chi connectivity index (χ0n) is 11.5. The highest BCUT2D eigenvalue weighted by molar-refractivity contribution is 5.94. The van der Waals surface area contributed by atoms with Crippen LogP contribution in [-0.4, -0.2) is 19.0 Å². The molecule has 21 heavy (non-hydrogen) atoms. The topological polar surface area (TPSA) is 58.4 Å². The van der Waals surface area contributed by atoms with Crippen LogP contribution < -0.4 is 16.0 Å². The molecule has 0 aliphatic carbocycles. The van der Waals surface area contributed by atoms with Crippen LogP contribution in [0.3, 0.4) is 0 Å². The number of carbonyl (C=O) groups is 1. The van der Waals surface area contributed by atoms with Crippen molar-refractivity contribution in [2.24, 2.45) is 0 Å². The molecule has 0 saturated heterocycles. The maximum absolute atomic E-state index is 13.5. The van der Waals surface area contributed by atoms with Crippen molar-refractivity contribution in [1.82, 2.24) is 0 Å². The zero-order chi connectivity index (χ0) is 14.8. The monoisotopic (exact) mass is 285 g/mol. The molecule has 3 N–H and O–H groups in total. The van der Waals surface area contributed by atoms with Crippen molar-refractivity contribution in [3.05, 3.63) is 53.8 Å². The number of amides is 1. The number of rotatable bonds is 3. The SMILES string of the molecule is Nc1ccc2c(c1)CCN2CC(=O)Nc1ccccc1F. The minimum absolute atomic E-state index is 0.200. The largest absolute Gasteiger partial charge is 0.399 e. The molecule has 108 valence electrons. The molecule has 2 aromatic rings. The van der Waals surface area contributed by atoms with Gasteiger partial charge in [0.25, 0.3) is 0 Å². The predicted octanol–water partition coefficient (Wildman–Crippen LogP) is 2.41. The maximum Gasteiger partial charge on any atom is 0.243 e. The number of nitrogens with zero attached hydrogens (tertiary/aromatic N) is 1. The summed E-state index contributed by atoms with van der Waals surface area (Å²) in [6.45, 7) is 0.967. The summed E-state index contributed by atoms with van der Waals surface area (Å²) >= 11 is 0. The molecule has 0 spiro atoms. The number of para-hydroxylation sites is 1. The Morgan fingerprint density at radius 2 is 2.10 bits per heavy atom. The van der Waals surface area contributed by atoms with Crippen LogP contribution in [-0.2, 0) is 11.2 Å². The van der Waals surface area contributed by atoms with Crippen molar-refractivity contribution in [3.63, 3.8) is 0 Å². The first kappa shape index (κ1) is 13.4. The Morgan fingerprint density at radius 1 is 1.29 bits per heavy atom. The van der Waals surface area contributed by atoms with E-state index in [1.165, 1.54) is 6.07 Å². The van der Waals surface area contributed by atoms with Gasteiger partial charge in [-0.1, -0.05) is 12.1 Å². The van der Waals surface area contributed by atoms with Gasteiger partial charge in [0.1, 0.15) is 5.82 Å². The molecule has 1 aliphatic rings. The van der Waals surface area contributed by atoms with E-state index in [1.807, 2.05) is 23.1 Å².